The fourth-order valence-electron chi connectivity index (χ4n) is 1.79. The first-order valence-corrected chi connectivity index (χ1v) is 5.56. The van der Waals surface area contributed by atoms with Gasteiger partial charge in [0.25, 0.3) is 0 Å². The summed E-state index contributed by atoms with van der Waals surface area (Å²) in [6, 6.07) is 6.07. The van der Waals surface area contributed by atoms with E-state index in [4.69, 9.17) is 0 Å². The lowest BCUT2D eigenvalue weighted by atomic mass is 10.00. The molecule has 0 aliphatic carbocycles. The van der Waals surface area contributed by atoms with Crippen molar-refractivity contribution in [1.29, 1.82) is 0 Å². The number of hydrogen-bond acceptors (Lipinski definition) is 2. The van der Waals surface area contributed by atoms with Crippen LogP contribution in [-0.2, 0) is 0 Å². The van der Waals surface area contributed by atoms with Crippen molar-refractivity contribution in [2.45, 2.75) is 20.0 Å². The Bertz CT molecular complexity index is 584. The van der Waals surface area contributed by atoms with Crippen molar-refractivity contribution in [3.63, 3.8) is 0 Å². The topological polar surface area (TPSA) is 33.1 Å². The molecule has 0 fully saturated rings. The summed E-state index contributed by atoms with van der Waals surface area (Å²) in [6.45, 7) is 3.24. The van der Waals surface area contributed by atoms with Crippen LogP contribution in [0.2, 0.25) is 0 Å². The van der Waals surface area contributed by atoms with E-state index < -0.39 is 17.7 Å². The maximum Gasteiger partial charge on any atom is 0.165 e. The van der Waals surface area contributed by atoms with E-state index >= 15 is 0 Å². The third-order valence-corrected chi connectivity index (χ3v) is 2.84. The minimum atomic E-state index is -1.19. The Morgan fingerprint density at radius 1 is 1.11 bits per heavy atom. The molecule has 1 N–H and O–H groups in total. The molecule has 1 unspecified atom stereocenters. The highest BCUT2D eigenvalue weighted by Crippen LogP contribution is 2.26. The lowest BCUT2D eigenvalue weighted by molar-refractivity contribution is 0.213. The van der Waals surface area contributed by atoms with Crippen LogP contribution >= 0.6 is 0 Å². The fraction of sp³-hybridized carbons (Fsp3) is 0.214. The van der Waals surface area contributed by atoms with Crippen molar-refractivity contribution < 1.29 is 13.9 Å². The third kappa shape index (κ3) is 2.24. The number of halogens is 2. The van der Waals surface area contributed by atoms with E-state index in [1.807, 2.05) is 0 Å². The number of aryl methyl sites for hydroxylation is 2. The van der Waals surface area contributed by atoms with Crippen LogP contribution < -0.4 is 0 Å². The molecule has 0 saturated carbocycles. The van der Waals surface area contributed by atoms with Gasteiger partial charge in [0.1, 0.15) is 6.10 Å². The second kappa shape index (κ2) is 4.82. The zero-order valence-electron chi connectivity index (χ0n) is 10.1. The van der Waals surface area contributed by atoms with Gasteiger partial charge in [-0.3, -0.25) is 4.98 Å². The number of hydrogen-bond donors (Lipinski definition) is 1. The summed E-state index contributed by atoms with van der Waals surface area (Å²) in [6.07, 6.45) is 0.331. The molecule has 18 heavy (non-hydrogen) atoms. The van der Waals surface area contributed by atoms with Crippen LogP contribution in [0.1, 0.15) is 28.5 Å². The highest BCUT2D eigenvalue weighted by Gasteiger charge is 2.19. The third-order valence-electron chi connectivity index (χ3n) is 2.84. The predicted octanol–water partition coefficient (Wildman–Crippen LogP) is 3.06. The zero-order chi connectivity index (χ0) is 13.3. The summed E-state index contributed by atoms with van der Waals surface area (Å²) in [5, 5.41) is 10.1. The van der Waals surface area contributed by atoms with Crippen LogP contribution in [0.4, 0.5) is 8.78 Å². The molecule has 0 bridgehead atoms. The Morgan fingerprint density at radius 2 is 1.83 bits per heavy atom. The van der Waals surface area contributed by atoms with Gasteiger partial charge < -0.3 is 5.11 Å². The van der Waals surface area contributed by atoms with Crippen LogP contribution in [0.25, 0.3) is 0 Å². The van der Waals surface area contributed by atoms with Crippen molar-refractivity contribution in [3.05, 3.63) is 64.5 Å². The highest BCUT2D eigenvalue weighted by molar-refractivity contribution is 5.33. The van der Waals surface area contributed by atoms with Crippen molar-refractivity contribution in [2.24, 2.45) is 0 Å². The first-order valence-electron chi connectivity index (χ1n) is 5.56. The van der Waals surface area contributed by atoms with Gasteiger partial charge in [-0.25, -0.2) is 8.78 Å². The van der Waals surface area contributed by atoms with Gasteiger partial charge in [-0.05, 0) is 37.1 Å². The van der Waals surface area contributed by atoms with Crippen molar-refractivity contribution >= 4 is 0 Å². The standard InChI is InChI=1S/C14H13F2NO/c1-8-3-4-11(13(16)12(8)15)14(18)10-5-6-17-9(2)7-10/h3-7,14,18H,1-2H3. The molecule has 0 aliphatic heterocycles. The van der Waals surface area contributed by atoms with Crippen LogP contribution in [-0.4, -0.2) is 10.1 Å². The fourth-order valence-corrected chi connectivity index (χ4v) is 1.79. The number of aliphatic hydroxyl groups is 1. The number of rotatable bonds is 2. The molecule has 1 heterocycles. The van der Waals surface area contributed by atoms with E-state index in [2.05, 4.69) is 4.98 Å². The highest BCUT2D eigenvalue weighted by atomic mass is 19.2. The number of aliphatic hydroxyl groups excluding tert-OH is 1. The summed E-state index contributed by atoms with van der Waals surface area (Å²) in [7, 11) is 0. The molecule has 1 aromatic carbocycles. The molecule has 2 nitrogen and oxygen atoms in total. The van der Waals surface area contributed by atoms with Gasteiger partial charge in [0.15, 0.2) is 11.6 Å². The number of pyridine rings is 1. The summed E-state index contributed by atoms with van der Waals surface area (Å²) in [5.74, 6) is -1.92. The van der Waals surface area contributed by atoms with Crippen molar-refractivity contribution in [3.8, 4) is 0 Å². The first kappa shape index (κ1) is 12.6. The van der Waals surface area contributed by atoms with E-state index in [0.29, 0.717) is 11.3 Å². The molecular formula is C14H13F2NO. The van der Waals surface area contributed by atoms with E-state index in [1.165, 1.54) is 25.3 Å². The Labute approximate surface area is 104 Å². The average Bonchev–Trinajstić information content (AvgIpc) is 2.35. The molecule has 2 rings (SSSR count). The minimum absolute atomic E-state index is 0.0660. The molecule has 4 heteroatoms. The van der Waals surface area contributed by atoms with E-state index in [-0.39, 0.29) is 11.1 Å². The largest absolute Gasteiger partial charge is 0.384 e. The maximum absolute atomic E-state index is 13.7. The van der Waals surface area contributed by atoms with Crippen LogP contribution in [0.3, 0.4) is 0 Å². The molecular weight excluding hydrogens is 236 g/mol. The summed E-state index contributed by atoms with van der Waals surface area (Å²) in [4.78, 5) is 3.99. The second-order valence-electron chi connectivity index (χ2n) is 4.23. The summed E-state index contributed by atoms with van der Waals surface area (Å²) in [5.41, 5.74) is 1.35. The van der Waals surface area contributed by atoms with E-state index in [0.717, 1.165) is 0 Å². The van der Waals surface area contributed by atoms with E-state index in [1.54, 1.807) is 19.1 Å². The lowest BCUT2D eigenvalue weighted by Crippen LogP contribution is -2.06. The second-order valence-corrected chi connectivity index (χ2v) is 4.23. The monoisotopic (exact) mass is 249 g/mol. The molecule has 94 valence electrons. The van der Waals surface area contributed by atoms with Crippen LogP contribution in [0.15, 0.2) is 30.5 Å². The SMILES string of the molecule is Cc1cc(C(O)c2ccc(C)c(F)c2F)ccn1. The van der Waals surface area contributed by atoms with Crippen molar-refractivity contribution in [2.75, 3.05) is 0 Å². The molecule has 0 aliphatic rings. The Kier molecular flexibility index (Phi) is 3.39. The molecule has 0 radical (unpaired) electrons. The molecule has 2 aromatic rings. The smallest absolute Gasteiger partial charge is 0.165 e. The Morgan fingerprint density at radius 3 is 2.50 bits per heavy atom. The van der Waals surface area contributed by atoms with Crippen LogP contribution in [0.5, 0.6) is 0 Å². The van der Waals surface area contributed by atoms with Gasteiger partial charge >= 0.3 is 0 Å². The normalized spacial score (nSPS) is 12.5. The quantitative estimate of drug-likeness (QED) is 0.887. The number of benzene rings is 1. The molecule has 0 amide bonds. The van der Waals surface area contributed by atoms with Gasteiger partial charge in [0.05, 0.1) is 0 Å². The van der Waals surface area contributed by atoms with Gasteiger partial charge in [0, 0.05) is 17.5 Å². The minimum Gasteiger partial charge on any atom is -0.384 e. The van der Waals surface area contributed by atoms with Gasteiger partial charge in [-0.15, -0.1) is 0 Å². The van der Waals surface area contributed by atoms with E-state index in [9.17, 15) is 13.9 Å². The first-order chi connectivity index (χ1) is 8.50. The summed E-state index contributed by atoms with van der Waals surface area (Å²) < 4.78 is 27.2. The molecule has 0 saturated heterocycles. The average molecular weight is 249 g/mol. The predicted molar refractivity (Wildman–Crippen MR) is 64.1 cm³/mol. The number of aromatic nitrogens is 1. The van der Waals surface area contributed by atoms with Gasteiger partial charge in [0.2, 0.25) is 0 Å². The maximum atomic E-state index is 13.7. The Balaban J connectivity index is 2.46. The zero-order valence-corrected chi connectivity index (χ0v) is 10.1. The van der Waals surface area contributed by atoms with Crippen molar-refractivity contribution in [1.82, 2.24) is 4.98 Å². The molecule has 1 aromatic heterocycles. The summed E-state index contributed by atoms with van der Waals surface area (Å²) >= 11 is 0. The lowest BCUT2D eigenvalue weighted by Gasteiger charge is -2.13. The number of nitrogens with zero attached hydrogens (tertiary/aromatic N) is 1. The molecule has 0 spiro atoms. The Hall–Kier alpha value is -1.81. The van der Waals surface area contributed by atoms with Gasteiger partial charge in [-0.1, -0.05) is 12.1 Å². The van der Waals surface area contributed by atoms with Crippen LogP contribution in [0, 0.1) is 25.5 Å². The van der Waals surface area contributed by atoms with Gasteiger partial charge in [-0.2, -0.15) is 0 Å². The molecule has 1 atom stereocenters.